The van der Waals surface area contributed by atoms with Gasteiger partial charge in [0.1, 0.15) is 5.75 Å². The van der Waals surface area contributed by atoms with Crippen LogP contribution in [0.4, 0.5) is 0 Å². The Morgan fingerprint density at radius 2 is 1.38 bits per heavy atom. The summed E-state index contributed by atoms with van der Waals surface area (Å²) in [4.78, 5) is 0. The van der Waals surface area contributed by atoms with Gasteiger partial charge in [-0.2, -0.15) is 0 Å². The van der Waals surface area contributed by atoms with Crippen LogP contribution in [0.25, 0.3) is 0 Å². The molecule has 1 aromatic rings. The highest BCUT2D eigenvalue weighted by Crippen LogP contribution is 2.35. The van der Waals surface area contributed by atoms with Crippen molar-refractivity contribution in [3.63, 3.8) is 0 Å². The number of benzene rings is 1. The maximum atomic E-state index is 6.67. The third kappa shape index (κ3) is 6.88. The summed E-state index contributed by atoms with van der Waals surface area (Å²) in [7, 11) is -1.81. The van der Waals surface area contributed by atoms with Crippen LogP contribution in [-0.4, -0.2) is 8.32 Å². The van der Waals surface area contributed by atoms with E-state index in [4.69, 9.17) is 16.0 Å². The van der Waals surface area contributed by atoms with Gasteiger partial charge in [-0.1, -0.05) is 59.2 Å². The lowest BCUT2D eigenvalue weighted by atomic mass is 10.2. The number of rotatable bonds is 8. The van der Waals surface area contributed by atoms with Gasteiger partial charge in [0.2, 0.25) is 0 Å². The van der Waals surface area contributed by atoms with Gasteiger partial charge >= 0.3 is 0 Å². The van der Waals surface area contributed by atoms with Gasteiger partial charge in [0, 0.05) is 5.02 Å². The van der Waals surface area contributed by atoms with Crippen molar-refractivity contribution in [3.05, 3.63) is 29.3 Å². The number of halogens is 1. The quantitative estimate of drug-likeness (QED) is 0.487. The molecule has 0 spiro atoms. The normalized spacial score (nSPS) is 12.5. The molecule has 0 radical (unpaired) electrons. The minimum absolute atomic E-state index is 0.674. The van der Waals surface area contributed by atoms with Crippen LogP contribution in [0.15, 0.2) is 24.3 Å². The van der Waals surface area contributed by atoms with Crippen molar-refractivity contribution >= 4 is 19.9 Å². The molecule has 0 aliphatic rings. The molecule has 0 aromatic heterocycles. The Hall–Kier alpha value is -0.473. The lowest BCUT2D eigenvalue weighted by Crippen LogP contribution is -2.45. The van der Waals surface area contributed by atoms with E-state index in [1.807, 2.05) is 18.2 Å². The molecule has 1 aromatic carbocycles. The summed E-state index contributed by atoms with van der Waals surface area (Å²) in [5.74, 6) is 2.98. The smallest absolute Gasteiger partial charge is 0.252 e. The molecule has 3 heteroatoms. The first-order valence-corrected chi connectivity index (χ1v) is 11.1. The molecule has 0 heterocycles. The van der Waals surface area contributed by atoms with Gasteiger partial charge in [0.05, 0.1) is 0 Å². The maximum Gasteiger partial charge on any atom is 0.252 e. The van der Waals surface area contributed by atoms with Crippen LogP contribution in [0.5, 0.6) is 5.75 Å². The van der Waals surface area contributed by atoms with Crippen LogP contribution in [0.2, 0.25) is 23.2 Å². The zero-order valence-corrected chi connectivity index (χ0v) is 16.2. The molecular formula is C18H31ClOSi. The minimum Gasteiger partial charge on any atom is -0.543 e. The molecule has 0 aliphatic carbocycles. The van der Waals surface area contributed by atoms with Gasteiger partial charge in [-0.15, -0.1) is 0 Å². The predicted octanol–water partition coefficient (Wildman–Crippen LogP) is 6.63. The summed E-state index contributed by atoms with van der Waals surface area (Å²) in [6.45, 7) is 13.9. The average Bonchev–Trinajstić information content (AvgIpc) is 2.24. The van der Waals surface area contributed by atoms with E-state index >= 15 is 0 Å². The first kappa shape index (κ1) is 18.6. The zero-order valence-electron chi connectivity index (χ0n) is 14.4. The summed E-state index contributed by atoms with van der Waals surface area (Å²) in [6, 6.07) is 11.6. The van der Waals surface area contributed by atoms with Gasteiger partial charge in [0.15, 0.2) is 0 Å². The van der Waals surface area contributed by atoms with Crippen molar-refractivity contribution in [1.29, 1.82) is 0 Å². The van der Waals surface area contributed by atoms with Crippen molar-refractivity contribution in [2.75, 3.05) is 0 Å². The van der Waals surface area contributed by atoms with E-state index in [2.05, 4.69) is 47.6 Å². The maximum absolute atomic E-state index is 6.67. The molecule has 1 nitrogen and oxygen atoms in total. The van der Waals surface area contributed by atoms with Crippen LogP contribution in [0.1, 0.15) is 41.5 Å². The zero-order chi connectivity index (χ0) is 16.0. The average molecular weight is 327 g/mol. The molecule has 0 fully saturated rings. The molecule has 1 rings (SSSR count). The molecule has 0 saturated heterocycles. The highest BCUT2D eigenvalue weighted by atomic mass is 35.5. The minimum atomic E-state index is -1.81. The van der Waals surface area contributed by atoms with Crippen LogP contribution >= 0.6 is 11.6 Å². The van der Waals surface area contributed by atoms with E-state index in [1.54, 1.807) is 0 Å². The fraction of sp³-hybridized carbons (Fsp3) is 0.667. The standard InChI is InChI=1S/C18H31ClOSi/c1-14(2)11-21(12-15(3)4,13-16(5)6)20-18-9-7-8-17(19)10-18/h7-10,14-16H,11-13H2,1-6H3. The predicted molar refractivity (Wildman–Crippen MR) is 96.8 cm³/mol. The lowest BCUT2D eigenvalue weighted by molar-refractivity contribution is 0.474. The molecule has 0 N–H and O–H groups in total. The largest absolute Gasteiger partial charge is 0.543 e. The van der Waals surface area contributed by atoms with Gasteiger partial charge in [-0.05, 0) is 54.1 Å². The molecule has 0 atom stereocenters. The molecule has 21 heavy (non-hydrogen) atoms. The lowest BCUT2D eigenvalue weighted by Gasteiger charge is -2.36. The van der Waals surface area contributed by atoms with E-state index in [9.17, 15) is 0 Å². The SMILES string of the molecule is CC(C)C[Si](CC(C)C)(CC(C)C)Oc1cccc(Cl)c1. The molecule has 120 valence electrons. The van der Waals surface area contributed by atoms with Crippen LogP contribution < -0.4 is 4.43 Å². The summed E-state index contributed by atoms with van der Waals surface area (Å²) in [5, 5.41) is 0.758. The summed E-state index contributed by atoms with van der Waals surface area (Å²) < 4.78 is 6.67. The molecule has 0 aliphatic heterocycles. The fourth-order valence-corrected chi connectivity index (χ4v) is 9.41. The van der Waals surface area contributed by atoms with Gasteiger partial charge in [0.25, 0.3) is 8.32 Å². The van der Waals surface area contributed by atoms with Crippen molar-refractivity contribution in [1.82, 2.24) is 0 Å². The Balaban J connectivity index is 3.06. The van der Waals surface area contributed by atoms with Crippen molar-refractivity contribution < 1.29 is 4.43 Å². The second-order valence-electron chi connectivity index (χ2n) is 7.54. The topological polar surface area (TPSA) is 9.23 Å². The monoisotopic (exact) mass is 326 g/mol. The number of hydrogen-bond donors (Lipinski definition) is 0. The van der Waals surface area contributed by atoms with E-state index in [0.29, 0.717) is 17.8 Å². The van der Waals surface area contributed by atoms with Crippen molar-refractivity contribution in [3.8, 4) is 5.75 Å². The molecule has 0 bridgehead atoms. The first-order valence-electron chi connectivity index (χ1n) is 8.17. The van der Waals surface area contributed by atoms with Crippen LogP contribution in [0.3, 0.4) is 0 Å². The van der Waals surface area contributed by atoms with Crippen LogP contribution in [-0.2, 0) is 0 Å². The third-order valence-corrected chi connectivity index (χ3v) is 9.06. The van der Waals surface area contributed by atoms with Gasteiger partial charge in [-0.25, -0.2) is 0 Å². The second kappa shape index (κ2) is 8.24. The molecular weight excluding hydrogens is 296 g/mol. The Kier molecular flexibility index (Phi) is 7.29. The van der Waals surface area contributed by atoms with Gasteiger partial charge in [-0.3, -0.25) is 0 Å². The molecule has 0 saturated carbocycles. The molecule has 0 unspecified atom stereocenters. The fourth-order valence-electron chi connectivity index (χ4n) is 3.39. The van der Waals surface area contributed by atoms with Crippen molar-refractivity contribution in [2.24, 2.45) is 17.8 Å². The van der Waals surface area contributed by atoms with Crippen LogP contribution in [0, 0.1) is 17.8 Å². The summed E-state index contributed by atoms with van der Waals surface area (Å²) in [6.07, 6.45) is 0. The van der Waals surface area contributed by atoms with E-state index in [0.717, 1.165) is 10.8 Å². The van der Waals surface area contributed by atoms with E-state index < -0.39 is 8.32 Å². The Morgan fingerprint density at radius 3 is 1.76 bits per heavy atom. The van der Waals surface area contributed by atoms with E-state index in [1.165, 1.54) is 18.1 Å². The summed E-state index contributed by atoms with van der Waals surface area (Å²) >= 11 is 6.13. The highest BCUT2D eigenvalue weighted by molar-refractivity contribution is 6.74. The third-order valence-electron chi connectivity index (χ3n) is 3.47. The van der Waals surface area contributed by atoms with Crippen molar-refractivity contribution in [2.45, 2.75) is 59.7 Å². The Labute approximate surface area is 137 Å². The van der Waals surface area contributed by atoms with Gasteiger partial charge < -0.3 is 4.43 Å². The highest BCUT2D eigenvalue weighted by Gasteiger charge is 2.39. The first-order chi connectivity index (χ1) is 9.72. The summed E-state index contributed by atoms with van der Waals surface area (Å²) in [5.41, 5.74) is 0. The number of hydrogen-bond acceptors (Lipinski definition) is 1. The van der Waals surface area contributed by atoms with E-state index in [-0.39, 0.29) is 0 Å². The molecule has 0 amide bonds. The second-order valence-corrected chi connectivity index (χ2v) is 11.8. The Morgan fingerprint density at radius 1 is 0.905 bits per heavy atom. The Bertz CT molecular complexity index is 402.